The first-order valence-corrected chi connectivity index (χ1v) is 2.39. The maximum absolute atomic E-state index is 10.1. The van der Waals surface area contributed by atoms with Crippen molar-refractivity contribution in [1.29, 1.82) is 0 Å². The Labute approximate surface area is 46.6 Å². The van der Waals surface area contributed by atoms with Crippen molar-refractivity contribution in [1.82, 2.24) is 0 Å². The molecule has 0 aromatic carbocycles. The molecule has 0 atom stereocenters. The van der Waals surface area contributed by atoms with E-state index in [2.05, 4.69) is 10.5 Å². The smallest absolute Gasteiger partial charge is 0.412 e. The molecular formula is C4H8NO3+. The summed E-state index contributed by atoms with van der Waals surface area (Å²) in [5.41, 5.74) is 3.04. The Bertz CT molecular complexity index is 99.5. The lowest BCUT2D eigenvalue weighted by Gasteiger charge is -2.23. The van der Waals surface area contributed by atoms with E-state index in [0.717, 1.165) is 0 Å². The average Bonchev–Trinajstić information content (AvgIpc) is 1.55. The molecule has 4 heteroatoms. The van der Waals surface area contributed by atoms with Crippen LogP contribution in [0.2, 0.25) is 0 Å². The Morgan fingerprint density at radius 2 is 2.38 bits per heavy atom. The highest BCUT2D eigenvalue weighted by Gasteiger charge is 2.22. The van der Waals surface area contributed by atoms with E-state index in [1.54, 1.807) is 0 Å². The van der Waals surface area contributed by atoms with Crippen molar-refractivity contribution in [2.75, 3.05) is 13.2 Å². The summed E-state index contributed by atoms with van der Waals surface area (Å²) in [5, 5.41) is 0. The normalized spacial score (nSPS) is 19.6. The minimum Gasteiger partial charge on any atom is -0.412 e. The van der Waals surface area contributed by atoms with Gasteiger partial charge in [-0.15, -0.1) is 0 Å². The molecule has 1 saturated heterocycles. The van der Waals surface area contributed by atoms with Crippen molar-refractivity contribution in [3.63, 3.8) is 0 Å². The topological polar surface area (TPSA) is 63.2 Å². The van der Waals surface area contributed by atoms with Crippen molar-refractivity contribution >= 4 is 6.09 Å². The molecule has 0 spiro atoms. The first-order chi connectivity index (χ1) is 3.79. The van der Waals surface area contributed by atoms with Gasteiger partial charge < -0.3 is 9.47 Å². The maximum Gasteiger partial charge on any atom is 0.511 e. The van der Waals surface area contributed by atoms with E-state index in [1.807, 2.05) is 0 Å². The number of quaternary nitrogens is 1. The third-order valence-corrected chi connectivity index (χ3v) is 0.906. The second kappa shape index (κ2) is 2.11. The molecular weight excluding hydrogens is 110 g/mol. The lowest BCUT2D eigenvalue weighted by Crippen LogP contribution is -2.59. The number of ether oxygens (including phenoxy) is 2. The zero-order valence-electron chi connectivity index (χ0n) is 4.42. The van der Waals surface area contributed by atoms with Crippen LogP contribution in [0.25, 0.3) is 0 Å². The molecule has 1 heterocycles. The summed E-state index contributed by atoms with van der Waals surface area (Å²) < 4.78 is 9.34. The molecule has 0 aromatic heterocycles. The number of rotatable bonds is 1. The Kier molecular flexibility index (Phi) is 1.45. The van der Waals surface area contributed by atoms with E-state index in [0.29, 0.717) is 13.2 Å². The van der Waals surface area contributed by atoms with Gasteiger partial charge in [-0.1, -0.05) is 0 Å². The molecule has 4 nitrogen and oxygen atoms in total. The highest BCUT2D eigenvalue weighted by molar-refractivity contribution is 5.54. The van der Waals surface area contributed by atoms with Crippen LogP contribution in [0.3, 0.4) is 0 Å². The van der Waals surface area contributed by atoms with Crippen molar-refractivity contribution < 1.29 is 20.0 Å². The summed E-state index contributed by atoms with van der Waals surface area (Å²) in [6.07, 6.45) is -0.502. The predicted molar refractivity (Wildman–Crippen MR) is 24.0 cm³/mol. The minimum atomic E-state index is -0.474. The van der Waals surface area contributed by atoms with Gasteiger partial charge in [-0.05, 0) is 0 Å². The standard InChI is InChI=1S/C4H7NO3/c5-4(6)8-3-1-7-2-3/h3H,1-2H2,(H2,5,6)/p+1. The van der Waals surface area contributed by atoms with Crippen LogP contribution in [0.15, 0.2) is 0 Å². The quantitative estimate of drug-likeness (QED) is 0.468. The molecule has 0 aromatic rings. The molecule has 1 fully saturated rings. The third kappa shape index (κ3) is 1.18. The van der Waals surface area contributed by atoms with Crippen LogP contribution in [0.5, 0.6) is 0 Å². The molecule has 1 aliphatic rings. The third-order valence-electron chi connectivity index (χ3n) is 0.906. The highest BCUT2D eigenvalue weighted by Crippen LogP contribution is 2.03. The van der Waals surface area contributed by atoms with Crippen molar-refractivity contribution in [2.24, 2.45) is 0 Å². The maximum atomic E-state index is 10.1. The number of hydrogen-bond acceptors (Lipinski definition) is 3. The van der Waals surface area contributed by atoms with E-state index in [1.165, 1.54) is 0 Å². The van der Waals surface area contributed by atoms with E-state index in [-0.39, 0.29) is 6.10 Å². The summed E-state index contributed by atoms with van der Waals surface area (Å²) >= 11 is 0. The van der Waals surface area contributed by atoms with Gasteiger partial charge in [-0.3, -0.25) is 5.73 Å². The van der Waals surface area contributed by atoms with Crippen LogP contribution in [0.4, 0.5) is 4.79 Å². The summed E-state index contributed by atoms with van der Waals surface area (Å²) in [4.78, 5) is 10.1. The monoisotopic (exact) mass is 118 g/mol. The Morgan fingerprint density at radius 1 is 1.75 bits per heavy atom. The lowest BCUT2D eigenvalue weighted by molar-refractivity contribution is -0.297. The number of amides is 1. The first kappa shape index (κ1) is 5.53. The fourth-order valence-corrected chi connectivity index (χ4v) is 0.468. The predicted octanol–water partition coefficient (Wildman–Crippen LogP) is -1.24. The van der Waals surface area contributed by atoms with Crippen molar-refractivity contribution in [2.45, 2.75) is 6.10 Å². The second-order valence-corrected chi connectivity index (χ2v) is 1.65. The van der Waals surface area contributed by atoms with Crippen molar-refractivity contribution in [3.8, 4) is 0 Å². The summed E-state index contributed by atoms with van der Waals surface area (Å²) in [6.45, 7) is 1.06. The SMILES string of the molecule is [NH3+]C(=O)OC1COC1. The Hall–Kier alpha value is -0.610. The van der Waals surface area contributed by atoms with E-state index in [4.69, 9.17) is 4.74 Å². The summed E-state index contributed by atoms with van der Waals surface area (Å²) in [5.74, 6) is 0. The molecule has 8 heavy (non-hydrogen) atoms. The van der Waals surface area contributed by atoms with E-state index >= 15 is 0 Å². The van der Waals surface area contributed by atoms with E-state index < -0.39 is 6.09 Å². The van der Waals surface area contributed by atoms with Gasteiger partial charge >= 0.3 is 6.09 Å². The molecule has 1 rings (SSSR count). The van der Waals surface area contributed by atoms with Gasteiger partial charge in [0.25, 0.3) is 0 Å². The number of carbonyl (C=O) groups is 1. The lowest BCUT2D eigenvalue weighted by atomic mass is 10.3. The van der Waals surface area contributed by atoms with Crippen LogP contribution in [-0.4, -0.2) is 25.4 Å². The molecule has 46 valence electrons. The van der Waals surface area contributed by atoms with Gasteiger partial charge in [0.2, 0.25) is 0 Å². The Balaban J connectivity index is 2.09. The summed E-state index contributed by atoms with van der Waals surface area (Å²) in [7, 11) is 0. The van der Waals surface area contributed by atoms with Crippen LogP contribution >= 0.6 is 0 Å². The van der Waals surface area contributed by atoms with Crippen molar-refractivity contribution in [3.05, 3.63) is 0 Å². The van der Waals surface area contributed by atoms with Crippen LogP contribution in [0.1, 0.15) is 0 Å². The molecule has 1 aliphatic heterocycles. The molecule has 0 radical (unpaired) electrons. The minimum absolute atomic E-state index is 0.0278. The fourth-order valence-electron chi connectivity index (χ4n) is 0.468. The van der Waals surface area contributed by atoms with Gasteiger partial charge in [0.05, 0.1) is 13.2 Å². The van der Waals surface area contributed by atoms with Gasteiger partial charge in [-0.2, -0.15) is 4.79 Å². The van der Waals surface area contributed by atoms with Gasteiger partial charge in [0.15, 0.2) is 6.10 Å². The second-order valence-electron chi connectivity index (χ2n) is 1.65. The zero-order chi connectivity index (χ0) is 5.98. The number of hydrogen-bond donors (Lipinski definition) is 1. The van der Waals surface area contributed by atoms with E-state index in [9.17, 15) is 4.79 Å². The Morgan fingerprint density at radius 3 is 2.50 bits per heavy atom. The first-order valence-electron chi connectivity index (χ1n) is 2.39. The molecule has 0 bridgehead atoms. The van der Waals surface area contributed by atoms with Crippen LogP contribution in [-0.2, 0) is 9.47 Å². The van der Waals surface area contributed by atoms with Crippen LogP contribution < -0.4 is 5.73 Å². The highest BCUT2D eigenvalue weighted by atomic mass is 16.6. The molecule has 1 amide bonds. The molecule has 0 aliphatic carbocycles. The molecule has 0 saturated carbocycles. The molecule has 0 unspecified atom stereocenters. The van der Waals surface area contributed by atoms with Crippen LogP contribution in [0, 0.1) is 0 Å². The van der Waals surface area contributed by atoms with Gasteiger partial charge in [0.1, 0.15) is 0 Å². The summed E-state index contributed by atoms with van der Waals surface area (Å²) in [6, 6.07) is 0. The zero-order valence-corrected chi connectivity index (χ0v) is 4.42. The van der Waals surface area contributed by atoms with Gasteiger partial charge in [-0.25, -0.2) is 0 Å². The average molecular weight is 118 g/mol. The fraction of sp³-hybridized carbons (Fsp3) is 0.750. The largest absolute Gasteiger partial charge is 0.511 e. The number of carbonyl (C=O) groups excluding carboxylic acids is 1. The molecule has 3 N–H and O–H groups in total. The van der Waals surface area contributed by atoms with Gasteiger partial charge in [0, 0.05) is 0 Å².